The number of allylic oxidation sites excluding steroid dienone is 1. The molecule has 21 heavy (non-hydrogen) atoms. The van der Waals surface area contributed by atoms with Gasteiger partial charge in [-0.1, -0.05) is 37.3 Å². The largest absolute Gasteiger partial charge is 0.464 e. The molecule has 0 bridgehead atoms. The third-order valence-corrected chi connectivity index (χ3v) is 3.53. The molecule has 4 heteroatoms. The summed E-state index contributed by atoms with van der Waals surface area (Å²) < 4.78 is 5.01. The lowest BCUT2D eigenvalue weighted by atomic mass is 9.94. The number of carbonyl (C=O) groups excluding carboxylic acids is 2. The SMILES string of the molecule is CCOC(=O)C1(CC)N=C1C(=O)/C(C)=C/c1ccccc1. The highest BCUT2D eigenvalue weighted by molar-refractivity contribution is 6.58. The van der Waals surface area contributed by atoms with Crippen LogP contribution in [0.2, 0.25) is 0 Å². The first kappa shape index (κ1) is 15.2. The molecular formula is C17H19NO3. The van der Waals surface area contributed by atoms with Crippen molar-refractivity contribution in [3.8, 4) is 0 Å². The second kappa shape index (κ2) is 6.04. The van der Waals surface area contributed by atoms with Crippen LogP contribution in [0.4, 0.5) is 0 Å². The average molecular weight is 285 g/mol. The lowest BCUT2D eigenvalue weighted by molar-refractivity contribution is -0.145. The van der Waals surface area contributed by atoms with Gasteiger partial charge < -0.3 is 4.74 Å². The fourth-order valence-corrected chi connectivity index (χ4v) is 2.24. The van der Waals surface area contributed by atoms with Gasteiger partial charge in [-0.15, -0.1) is 0 Å². The quantitative estimate of drug-likeness (QED) is 0.596. The van der Waals surface area contributed by atoms with E-state index < -0.39 is 11.5 Å². The van der Waals surface area contributed by atoms with Crippen molar-refractivity contribution in [3.63, 3.8) is 0 Å². The number of hydrogen-bond donors (Lipinski definition) is 0. The topological polar surface area (TPSA) is 55.7 Å². The predicted molar refractivity (Wildman–Crippen MR) is 82.2 cm³/mol. The minimum absolute atomic E-state index is 0.186. The Morgan fingerprint density at radius 2 is 1.90 bits per heavy atom. The van der Waals surface area contributed by atoms with E-state index in [1.165, 1.54) is 0 Å². The van der Waals surface area contributed by atoms with E-state index in [1.54, 1.807) is 19.9 Å². The molecule has 1 aromatic rings. The third kappa shape index (κ3) is 2.94. The average Bonchev–Trinajstić information content (AvgIpc) is 3.24. The predicted octanol–water partition coefficient (Wildman–Crippen LogP) is 2.83. The Bertz CT molecular complexity index is 616. The summed E-state index contributed by atoms with van der Waals surface area (Å²) in [5.41, 5.74) is 0.786. The molecule has 0 saturated heterocycles. The zero-order valence-corrected chi connectivity index (χ0v) is 12.6. The molecule has 1 atom stereocenters. The van der Waals surface area contributed by atoms with E-state index in [0.717, 1.165) is 5.56 Å². The van der Waals surface area contributed by atoms with Crippen molar-refractivity contribution in [2.24, 2.45) is 4.99 Å². The van der Waals surface area contributed by atoms with Crippen LogP contribution >= 0.6 is 0 Å². The third-order valence-electron chi connectivity index (χ3n) is 3.53. The first-order valence-corrected chi connectivity index (χ1v) is 7.10. The lowest BCUT2D eigenvalue weighted by Crippen LogP contribution is -2.35. The summed E-state index contributed by atoms with van der Waals surface area (Å²) in [6.07, 6.45) is 2.25. The summed E-state index contributed by atoms with van der Waals surface area (Å²) >= 11 is 0. The van der Waals surface area contributed by atoms with Gasteiger partial charge >= 0.3 is 5.97 Å². The zero-order valence-electron chi connectivity index (χ0n) is 12.6. The standard InChI is InChI=1S/C17H19NO3/c1-4-17(16(20)21-5-2)15(18-17)14(19)12(3)11-13-9-7-6-8-10-13/h6-11H,4-5H2,1-3H3/b12-11+. The highest BCUT2D eigenvalue weighted by atomic mass is 16.5. The summed E-state index contributed by atoms with van der Waals surface area (Å²) in [7, 11) is 0. The molecule has 1 aliphatic heterocycles. The van der Waals surface area contributed by atoms with Crippen LogP contribution in [-0.4, -0.2) is 29.6 Å². The van der Waals surface area contributed by atoms with E-state index in [0.29, 0.717) is 17.7 Å². The first-order valence-electron chi connectivity index (χ1n) is 7.10. The molecule has 0 N–H and O–H groups in total. The van der Waals surface area contributed by atoms with Gasteiger partial charge in [-0.3, -0.25) is 9.79 Å². The fraction of sp³-hybridized carbons (Fsp3) is 0.353. The van der Waals surface area contributed by atoms with Crippen molar-refractivity contribution in [1.29, 1.82) is 0 Å². The molecule has 1 aromatic carbocycles. The van der Waals surface area contributed by atoms with E-state index in [1.807, 2.05) is 37.3 Å². The molecule has 0 aliphatic carbocycles. The first-order chi connectivity index (χ1) is 10.0. The molecular weight excluding hydrogens is 266 g/mol. The highest BCUT2D eigenvalue weighted by Gasteiger charge is 2.57. The van der Waals surface area contributed by atoms with Gasteiger partial charge in [0.2, 0.25) is 11.3 Å². The van der Waals surface area contributed by atoms with Crippen molar-refractivity contribution < 1.29 is 14.3 Å². The van der Waals surface area contributed by atoms with Gasteiger partial charge in [-0.2, -0.15) is 0 Å². The molecule has 0 fully saturated rings. The Morgan fingerprint density at radius 3 is 2.48 bits per heavy atom. The lowest BCUT2D eigenvalue weighted by Gasteiger charge is -2.11. The van der Waals surface area contributed by atoms with Crippen LogP contribution in [0.1, 0.15) is 32.8 Å². The minimum Gasteiger partial charge on any atom is -0.464 e. The molecule has 0 spiro atoms. The van der Waals surface area contributed by atoms with Crippen LogP contribution in [-0.2, 0) is 14.3 Å². The van der Waals surface area contributed by atoms with Gasteiger partial charge in [0.25, 0.3) is 0 Å². The van der Waals surface area contributed by atoms with E-state index in [2.05, 4.69) is 4.99 Å². The van der Waals surface area contributed by atoms with Gasteiger partial charge in [-0.05, 0) is 37.5 Å². The Balaban J connectivity index is 2.13. The number of hydrogen-bond acceptors (Lipinski definition) is 4. The Morgan fingerprint density at radius 1 is 1.24 bits per heavy atom. The monoisotopic (exact) mass is 285 g/mol. The van der Waals surface area contributed by atoms with Gasteiger partial charge in [0.15, 0.2) is 0 Å². The number of ether oxygens (including phenoxy) is 1. The molecule has 0 amide bonds. The number of rotatable bonds is 6. The summed E-state index contributed by atoms with van der Waals surface area (Å²) in [4.78, 5) is 28.5. The highest BCUT2D eigenvalue weighted by Crippen LogP contribution is 2.35. The molecule has 0 radical (unpaired) electrons. The Hall–Kier alpha value is -2.23. The molecule has 1 heterocycles. The van der Waals surface area contributed by atoms with Crippen molar-refractivity contribution in [2.75, 3.05) is 6.61 Å². The van der Waals surface area contributed by atoms with Crippen molar-refractivity contribution in [2.45, 2.75) is 32.7 Å². The number of carbonyl (C=O) groups is 2. The van der Waals surface area contributed by atoms with Crippen LogP contribution in [0.15, 0.2) is 40.9 Å². The zero-order chi connectivity index (χ0) is 15.5. The van der Waals surface area contributed by atoms with Gasteiger partial charge in [0.05, 0.1) is 6.61 Å². The second-order valence-electron chi connectivity index (χ2n) is 4.96. The van der Waals surface area contributed by atoms with Crippen molar-refractivity contribution in [3.05, 3.63) is 41.5 Å². The van der Waals surface area contributed by atoms with Crippen LogP contribution in [0.5, 0.6) is 0 Å². The molecule has 1 unspecified atom stereocenters. The van der Waals surface area contributed by atoms with Crippen LogP contribution < -0.4 is 0 Å². The number of nitrogens with zero attached hydrogens (tertiary/aromatic N) is 1. The summed E-state index contributed by atoms with van der Waals surface area (Å²) in [5.74, 6) is -0.614. The maximum absolute atomic E-state index is 12.4. The number of aliphatic imine (C=N–C) groups is 1. The molecule has 110 valence electrons. The molecule has 4 nitrogen and oxygen atoms in total. The number of esters is 1. The van der Waals surface area contributed by atoms with E-state index in [4.69, 9.17) is 4.74 Å². The minimum atomic E-state index is -1.04. The van der Waals surface area contributed by atoms with Gasteiger partial charge in [0.1, 0.15) is 5.71 Å². The number of ketones is 1. The summed E-state index contributed by atoms with van der Waals surface area (Å²) in [5, 5.41) is 0. The van der Waals surface area contributed by atoms with Crippen molar-refractivity contribution in [1.82, 2.24) is 0 Å². The molecule has 0 aromatic heterocycles. The summed E-state index contributed by atoms with van der Waals surface area (Å²) in [6.45, 7) is 5.60. The Kier molecular flexibility index (Phi) is 4.36. The molecule has 0 saturated carbocycles. The number of benzene rings is 1. The Labute approximate surface area is 124 Å². The van der Waals surface area contributed by atoms with Crippen LogP contribution in [0.3, 0.4) is 0 Å². The van der Waals surface area contributed by atoms with E-state index in [9.17, 15) is 9.59 Å². The molecule has 1 aliphatic rings. The number of Topliss-reactive ketones (excluding diaryl/α,β-unsaturated/α-hetero) is 1. The maximum Gasteiger partial charge on any atom is 0.340 e. The van der Waals surface area contributed by atoms with Crippen LogP contribution in [0, 0.1) is 0 Å². The van der Waals surface area contributed by atoms with Gasteiger partial charge in [-0.25, -0.2) is 4.79 Å². The van der Waals surface area contributed by atoms with Gasteiger partial charge in [0, 0.05) is 0 Å². The maximum atomic E-state index is 12.4. The summed E-state index contributed by atoms with van der Waals surface area (Å²) in [6, 6.07) is 9.58. The second-order valence-corrected chi connectivity index (χ2v) is 4.96. The fourth-order valence-electron chi connectivity index (χ4n) is 2.24. The van der Waals surface area contributed by atoms with E-state index in [-0.39, 0.29) is 12.4 Å². The van der Waals surface area contributed by atoms with E-state index >= 15 is 0 Å². The normalized spacial score (nSPS) is 20.7. The van der Waals surface area contributed by atoms with Crippen molar-refractivity contribution >= 4 is 23.5 Å². The van der Waals surface area contributed by atoms with Crippen LogP contribution in [0.25, 0.3) is 6.08 Å². The smallest absolute Gasteiger partial charge is 0.340 e. The molecule has 2 rings (SSSR count).